The molecule has 1 aliphatic heterocycles. The second-order valence-electron chi connectivity index (χ2n) is 4.56. The van der Waals surface area contributed by atoms with E-state index in [2.05, 4.69) is 0 Å². The van der Waals surface area contributed by atoms with Crippen LogP contribution in [0.5, 0.6) is 0 Å². The summed E-state index contributed by atoms with van der Waals surface area (Å²) >= 11 is 0. The van der Waals surface area contributed by atoms with Gasteiger partial charge in [0.1, 0.15) is 0 Å². The van der Waals surface area contributed by atoms with Crippen LogP contribution in [0.3, 0.4) is 0 Å². The first-order chi connectivity index (χ1) is 6.43. The summed E-state index contributed by atoms with van der Waals surface area (Å²) in [5, 5.41) is 9.50. The minimum absolute atomic E-state index is 0.0385. The molecule has 0 aliphatic carbocycles. The van der Waals surface area contributed by atoms with Gasteiger partial charge < -0.3 is 15.7 Å². The summed E-state index contributed by atoms with van der Waals surface area (Å²) < 4.78 is 0. The third-order valence-corrected chi connectivity index (χ3v) is 2.89. The van der Waals surface area contributed by atoms with E-state index in [1.54, 1.807) is 4.90 Å². The number of nitrogens with two attached hydrogens (primary N) is 1. The second-order valence-corrected chi connectivity index (χ2v) is 4.56. The number of β-amino-alcohol motifs (C(OH)–C–C–N with tert-alkyl or cyclic N) is 1. The number of amides is 1. The average molecular weight is 200 g/mol. The Hall–Kier alpha value is -0.610. The molecule has 3 atom stereocenters. The minimum atomic E-state index is -0.438. The van der Waals surface area contributed by atoms with Crippen LogP contribution in [0.25, 0.3) is 0 Å². The molecule has 82 valence electrons. The molecular weight excluding hydrogens is 180 g/mol. The second kappa shape index (κ2) is 4.28. The minimum Gasteiger partial charge on any atom is -0.391 e. The van der Waals surface area contributed by atoms with Crippen molar-refractivity contribution in [1.82, 2.24) is 4.90 Å². The topological polar surface area (TPSA) is 66.6 Å². The van der Waals surface area contributed by atoms with Crippen molar-refractivity contribution in [3.8, 4) is 0 Å². The third-order valence-electron chi connectivity index (χ3n) is 2.89. The molecule has 3 unspecified atom stereocenters. The summed E-state index contributed by atoms with van der Waals surface area (Å²) in [7, 11) is 0. The summed E-state index contributed by atoms with van der Waals surface area (Å²) in [5.74, 6) is 0.275. The van der Waals surface area contributed by atoms with Crippen LogP contribution in [-0.2, 0) is 4.79 Å². The fraction of sp³-hybridized carbons (Fsp3) is 0.900. The van der Waals surface area contributed by atoms with Gasteiger partial charge in [0, 0.05) is 19.0 Å². The molecule has 0 aromatic heterocycles. The molecule has 0 bridgehead atoms. The molecule has 0 aromatic rings. The first kappa shape index (κ1) is 11.5. The quantitative estimate of drug-likeness (QED) is 0.649. The van der Waals surface area contributed by atoms with Crippen LogP contribution in [-0.4, -0.2) is 41.1 Å². The standard InChI is InChI=1S/C10H20N2O2/c1-6(2)9(11)10(14)12-4-7(3)8(13)5-12/h6-9,13H,4-5,11H2,1-3H3. The van der Waals surface area contributed by atoms with E-state index in [9.17, 15) is 9.90 Å². The molecule has 1 fully saturated rings. The highest BCUT2D eigenvalue weighted by molar-refractivity contribution is 5.82. The molecule has 14 heavy (non-hydrogen) atoms. The van der Waals surface area contributed by atoms with E-state index in [4.69, 9.17) is 5.73 Å². The maximum atomic E-state index is 11.8. The largest absolute Gasteiger partial charge is 0.391 e. The van der Waals surface area contributed by atoms with Crippen LogP contribution in [0.2, 0.25) is 0 Å². The van der Waals surface area contributed by atoms with Crippen LogP contribution < -0.4 is 5.73 Å². The van der Waals surface area contributed by atoms with Gasteiger partial charge in [-0.05, 0) is 5.92 Å². The number of hydrogen-bond donors (Lipinski definition) is 2. The SMILES string of the molecule is CC(C)C(N)C(=O)N1CC(C)C(O)C1. The average Bonchev–Trinajstić information content (AvgIpc) is 2.44. The molecule has 1 saturated heterocycles. The van der Waals surface area contributed by atoms with Crippen molar-refractivity contribution in [3.05, 3.63) is 0 Å². The Labute approximate surface area is 85.1 Å². The molecule has 1 heterocycles. The predicted molar refractivity (Wildman–Crippen MR) is 54.6 cm³/mol. The van der Waals surface area contributed by atoms with E-state index in [0.717, 1.165) is 0 Å². The number of aliphatic hydroxyl groups is 1. The van der Waals surface area contributed by atoms with Crippen molar-refractivity contribution < 1.29 is 9.90 Å². The smallest absolute Gasteiger partial charge is 0.239 e. The summed E-state index contributed by atoms with van der Waals surface area (Å²) in [6.07, 6.45) is -0.390. The molecule has 1 aliphatic rings. The highest BCUT2D eigenvalue weighted by Crippen LogP contribution is 2.17. The van der Waals surface area contributed by atoms with Gasteiger partial charge in [0.15, 0.2) is 0 Å². The van der Waals surface area contributed by atoms with E-state index in [1.165, 1.54) is 0 Å². The van der Waals surface area contributed by atoms with Gasteiger partial charge in [0.2, 0.25) is 5.91 Å². The highest BCUT2D eigenvalue weighted by atomic mass is 16.3. The molecule has 4 nitrogen and oxygen atoms in total. The Bertz CT molecular complexity index is 208. The lowest BCUT2D eigenvalue weighted by molar-refractivity contribution is -0.132. The van der Waals surface area contributed by atoms with Crippen molar-refractivity contribution >= 4 is 5.91 Å². The van der Waals surface area contributed by atoms with Gasteiger partial charge in [-0.3, -0.25) is 4.79 Å². The van der Waals surface area contributed by atoms with Crippen molar-refractivity contribution in [1.29, 1.82) is 0 Å². The molecule has 0 radical (unpaired) electrons. The predicted octanol–water partition coefficient (Wildman–Crippen LogP) is -0.191. The van der Waals surface area contributed by atoms with Gasteiger partial charge in [-0.25, -0.2) is 0 Å². The normalized spacial score (nSPS) is 29.7. The van der Waals surface area contributed by atoms with Crippen molar-refractivity contribution in [2.24, 2.45) is 17.6 Å². The van der Waals surface area contributed by atoms with Gasteiger partial charge in [-0.1, -0.05) is 20.8 Å². The Kier molecular flexibility index (Phi) is 3.50. The number of carbonyl (C=O) groups is 1. The maximum absolute atomic E-state index is 11.8. The van der Waals surface area contributed by atoms with Gasteiger partial charge in [0.25, 0.3) is 0 Å². The Morgan fingerprint density at radius 3 is 2.43 bits per heavy atom. The van der Waals surface area contributed by atoms with E-state index < -0.39 is 12.1 Å². The maximum Gasteiger partial charge on any atom is 0.239 e. The zero-order chi connectivity index (χ0) is 10.9. The number of likely N-dealkylation sites (tertiary alicyclic amines) is 1. The molecule has 3 N–H and O–H groups in total. The van der Waals surface area contributed by atoms with E-state index in [-0.39, 0.29) is 17.7 Å². The number of aliphatic hydroxyl groups excluding tert-OH is 1. The Morgan fingerprint density at radius 2 is 2.07 bits per heavy atom. The molecule has 1 rings (SSSR count). The van der Waals surface area contributed by atoms with Crippen molar-refractivity contribution in [2.45, 2.75) is 32.9 Å². The van der Waals surface area contributed by atoms with Gasteiger partial charge in [0.05, 0.1) is 12.1 Å². The van der Waals surface area contributed by atoms with E-state index >= 15 is 0 Å². The highest BCUT2D eigenvalue weighted by Gasteiger charge is 2.33. The zero-order valence-corrected chi connectivity index (χ0v) is 9.10. The zero-order valence-electron chi connectivity index (χ0n) is 9.10. The van der Waals surface area contributed by atoms with Crippen LogP contribution >= 0.6 is 0 Å². The molecule has 1 amide bonds. The van der Waals surface area contributed by atoms with Gasteiger partial charge >= 0.3 is 0 Å². The summed E-state index contributed by atoms with van der Waals surface area (Å²) in [6.45, 7) is 6.86. The number of rotatable bonds is 2. The molecule has 0 aromatic carbocycles. The first-order valence-electron chi connectivity index (χ1n) is 5.16. The number of hydrogen-bond acceptors (Lipinski definition) is 3. The van der Waals surface area contributed by atoms with Crippen LogP contribution in [0.4, 0.5) is 0 Å². The van der Waals surface area contributed by atoms with Gasteiger partial charge in [-0.15, -0.1) is 0 Å². The monoisotopic (exact) mass is 200 g/mol. The third kappa shape index (κ3) is 2.25. The van der Waals surface area contributed by atoms with Gasteiger partial charge in [-0.2, -0.15) is 0 Å². The summed E-state index contributed by atoms with van der Waals surface area (Å²) in [5.41, 5.74) is 5.76. The van der Waals surface area contributed by atoms with Crippen LogP contribution in [0.15, 0.2) is 0 Å². The fourth-order valence-electron chi connectivity index (χ4n) is 1.63. The Balaban J connectivity index is 2.55. The Morgan fingerprint density at radius 1 is 1.50 bits per heavy atom. The lowest BCUT2D eigenvalue weighted by Crippen LogP contribution is -2.45. The van der Waals surface area contributed by atoms with Crippen molar-refractivity contribution in [2.75, 3.05) is 13.1 Å². The van der Waals surface area contributed by atoms with E-state index in [1.807, 2.05) is 20.8 Å². The lowest BCUT2D eigenvalue weighted by atomic mass is 10.0. The van der Waals surface area contributed by atoms with Crippen molar-refractivity contribution in [3.63, 3.8) is 0 Å². The number of carbonyl (C=O) groups excluding carboxylic acids is 1. The fourth-order valence-corrected chi connectivity index (χ4v) is 1.63. The van der Waals surface area contributed by atoms with Crippen LogP contribution in [0, 0.1) is 11.8 Å². The molecular formula is C10H20N2O2. The lowest BCUT2D eigenvalue weighted by Gasteiger charge is -2.22. The van der Waals surface area contributed by atoms with E-state index in [0.29, 0.717) is 13.1 Å². The molecule has 0 spiro atoms. The first-order valence-corrected chi connectivity index (χ1v) is 5.16. The summed E-state index contributed by atoms with van der Waals surface area (Å²) in [4.78, 5) is 13.4. The summed E-state index contributed by atoms with van der Waals surface area (Å²) in [6, 6.07) is -0.438. The van der Waals surface area contributed by atoms with Crippen LogP contribution in [0.1, 0.15) is 20.8 Å². The molecule has 0 saturated carbocycles. The molecule has 4 heteroatoms. The number of nitrogens with zero attached hydrogens (tertiary/aromatic N) is 1.